The Labute approximate surface area is 120 Å². The SMILES string of the molecule is CC(NCc1nncn1C)c1c(Cl)ccc(F)c1Cl. The molecule has 0 aliphatic rings. The summed E-state index contributed by atoms with van der Waals surface area (Å²) in [5, 5.41) is 11.4. The molecule has 102 valence electrons. The van der Waals surface area contributed by atoms with E-state index in [9.17, 15) is 4.39 Å². The number of hydrogen-bond acceptors (Lipinski definition) is 3. The van der Waals surface area contributed by atoms with E-state index in [1.54, 1.807) is 10.9 Å². The highest BCUT2D eigenvalue weighted by molar-refractivity contribution is 6.36. The summed E-state index contributed by atoms with van der Waals surface area (Å²) in [4.78, 5) is 0. The molecule has 2 rings (SSSR count). The summed E-state index contributed by atoms with van der Waals surface area (Å²) in [7, 11) is 1.85. The maximum Gasteiger partial charge on any atom is 0.146 e. The minimum Gasteiger partial charge on any atom is -0.320 e. The van der Waals surface area contributed by atoms with Gasteiger partial charge in [0.05, 0.1) is 11.6 Å². The van der Waals surface area contributed by atoms with E-state index in [0.29, 0.717) is 17.1 Å². The molecule has 0 aliphatic heterocycles. The summed E-state index contributed by atoms with van der Waals surface area (Å²) in [6.07, 6.45) is 1.61. The predicted octanol–water partition coefficient (Wildman–Crippen LogP) is 3.11. The quantitative estimate of drug-likeness (QED) is 0.883. The highest BCUT2D eigenvalue weighted by Crippen LogP contribution is 2.32. The number of aromatic nitrogens is 3. The van der Waals surface area contributed by atoms with Crippen LogP contribution in [-0.4, -0.2) is 14.8 Å². The molecule has 4 nitrogen and oxygen atoms in total. The molecular weight excluding hydrogens is 290 g/mol. The van der Waals surface area contributed by atoms with E-state index in [0.717, 1.165) is 5.82 Å². The van der Waals surface area contributed by atoms with E-state index in [-0.39, 0.29) is 11.1 Å². The smallest absolute Gasteiger partial charge is 0.146 e. The van der Waals surface area contributed by atoms with E-state index in [1.807, 2.05) is 14.0 Å². The van der Waals surface area contributed by atoms with Gasteiger partial charge in [0.1, 0.15) is 18.0 Å². The fourth-order valence-electron chi connectivity index (χ4n) is 1.75. The number of nitrogens with zero attached hydrogens (tertiary/aromatic N) is 3. The minimum atomic E-state index is -0.478. The summed E-state index contributed by atoms with van der Waals surface area (Å²) in [5.41, 5.74) is 0.547. The first-order valence-corrected chi connectivity index (χ1v) is 6.46. The normalized spacial score (nSPS) is 12.7. The second-order valence-electron chi connectivity index (χ2n) is 4.22. The summed E-state index contributed by atoms with van der Waals surface area (Å²) in [5.74, 6) is 0.295. The summed E-state index contributed by atoms with van der Waals surface area (Å²) in [6, 6.07) is 2.55. The van der Waals surface area contributed by atoms with Crippen molar-refractivity contribution in [3.05, 3.63) is 45.7 Å². The maximum atomic E-state index is 13.5. The van der Waals surface area contributed by atoms with Crippen molar-refractivity contribution in [3.8, 4) is 0 Å². The van der Waals surface area contributed by atoms with Crippen LogP contribution in [0.5, 0.6) is 0 Å². The standard InChI is InChI=1S/C12H13Cl2FN4/c1-7(16-5-10-18-17-6-19(10)2)11-8(13)3-4-9(15)12(11)14/h3-4,6-7,16H,5H2,1-2H3. The first-order chi connectivity index (χ1) is 9.00. The van der Waals surface area contributed by atoms with Crippen LogP contribution in [0, 0.1) is 5.82 Å². The van der Waals surface area contributed by atoms with Crippen molar-refractivity contribution in [2.75, 3.05) is 0 Å². The molecule has 0 fully saturated rings. The van der Waals surface area contributed by atoms with Gasteiger partial charge in [-0.25, -0.2) is 4.39 Å². The van der Waals surface area contributed by atoms with Crippen molar-refractivity contribution in [1.82, 2.24) is 20.1 Å². The fourth-order valence-corrected chi connectivity index (χ4v) is 2.45. The number of nitrogens with one attached hydrogen (secondary N) is 1. The third-order valence-electron chi connectivity index (χ3n) is 2.88. The Kier molecular flexibility index (Phi) is 4.39. The van der Waals surface area contributed by atoms with E-state index in [1.165, 1.54) is 12.1 Å². The Hall–Kier alpha value is -1.17. The maximum absolute atomic E-state index is 13.5. The molecule has 0 radical (unpaired) electrons. The third-order valence-corrected chi connectivity index (χ3v) is 3.60. The molecule has 0 amide bonds. The van der Waals surface area contributed by atoms with E-state index < -0.39 is 5.82 Å². The molecule has 19 heavy (non-hydrogen) atoms. The minimum absolute atomic E-state index is 0.0467. The molecule has 0 spiro atoms. The van der Waals surface area contributed by atoms with Gasteiger partial charge in [-0.15, -0.1) is 10.2 Å². The van der Waals surface area contributed by atoms with Crippen LogP contribution in [0.1, 0.15) is 24.4 Å². The lowest BCUT2D eigenvalue weighted by Crippen LogP contribution is -2.21. The zero-order valence-electron chi connectivity index (χ0n) is 10.5. The number of halogens is 3. The molecule has 1 aromatic heterocycles. The summed E-state index contributed by atoms with van der Waals surface area (Å²) >= 11 is 12.0. The van der Waals surface area contributed by atoms with E-state index >= 15 is 0 Å². The van der Waals surface area contributed by atoms with Crippen LogP contribution in [-0.2, 0) is 13.6 Å². The fraction of sp³-hybridized carbons (Fsp3) is 0.333. The lowest BCUT2D eigenvalue weighted by Gasteiger charge is -2.17. The summed E-state index contributed by atoms with van der Waals surface area (Å²) in [6.45, 7) is 2.35. The van der Waals surface area contributed by atoms with Crippen LogP contribution in [0.2, 0.25) is 10.0 Å². The van der Waals surface area contributed by atoms with Gasteiger partial charge in [0.25, 0.3) is 0 Å². The van der Waals surface area contributed by atoms with Gasteiger partial charge >= 0.3 is 0 Å². The molecular formula is C12H13Cl2FN4. The van der Waals surface area contributed by atoms with Crippen molar-refractivity contribution in [3.63, 3.8) is 0 Å². The monoisotopic (exact) mass is 302 g/mol. The lowest BCUT2D eigenvalue weighted by atomic mass is 10.1. The van der Waals surface area contributed by atoms with E-state index in [4.69, 9.17) is 23.2 Å². The predicted molar refractivity (Wildman–Crippen MR) is 72.7 cm³/mol. The number of benzene rings is 1. The Balaban J connectivity index is 2.14. The zero-order valence-corrected chi connectivity index (χ0v) is 12.0. The highest BCUT2D eigenvalue weighted by Gasteiger charge is 2.17. The Bertz CT molecular complexity index is 585. The Morgan fingerprint density at radius 2 is 2.16 bits per heavy atom. The van der Waals surface area contributed by atoms with Crippen molar-refractivity contribution in [2.24, 2.45) is 7.05 Å². The van der Waals surface area contributed by atoms with Crippen molar-refractivity contribution < 1.29 is 4.39 Å². The molecule has 1 unspecified atom stereocenters. The van der Waals surface area contributed by atoms with Crippen LogP contribution in [0.3, 0.4) is 0 Å². The van der Waals surface area contributed by atoms with Gasteiger partial charge in [0.2, 0.25) is 0 Å². The molecule has 0 saturated heterocycles. The van der Waals surface area contributed by atoms with Crippen LogP contribution in [0.15, 0.2) is 18.5 Å². The van der Waals surface area contributed by atoms with Crippen LogP contribution < -0.4 is 5.32 Å². The summed E-state index contributed by atoms with van der Waals surface area (Å²) < 4.78 is 15.3. The van der Waals surface area contributed by atoms with E-state index in [2.05, 4.69) is 15.5 Å². The van der Waals surface area contributed by atoms with Crippen LogP contribution in [0.25, 0.3) is 0 Å². The average molecular weight is 303 g/mol. The first kappa shape index (κ1) is 14.2. The highest BCUT2D eigenvalue weighted by atomic mass is 35.5. The molecule has 2 aromatic rings. The topological polar surface area (TPSA) is 42.7 Å². The molecule has 7 heteroatoms. The van der Waals surface area contributed by atoms with Crippen molar-refractivity contribution >= 4 is 23.2 Å². The van der Waals surface area contributed by atoms with Gasteiger partial charge in [-0.1, -0.05) is 23.2 Å². The molecule has 0 saturated carbocycles. The molecule has 0 bridgehead atoms. The van der Waals surface area contributed by atoms with Gasteiger partial charge in [0.15, 0.2) is 0 Å². The van der Waals surface area contributed by atoms with Crippen molar-refractivity contribution in [1.29, 1.82) is 0 Å². The second-order valence-corrected chi connectivity index (χ2v) is 5.00. The Morgan fingerprint density at radius 3 is 2.79 bits per heavy atom. The first-order valence-electron chi connectivity index (χ1n) is 5.70. The van der Waals surface area contributed by atoms with Crippen LogP contribution in [0.4, 0.5) is 4.39 Å². The zero-order chi connectivity index (χ0) is 14.0. The van der Waals surface area contributed by atoms with Gasteiger partial charge in [0, 0.05) is 23.7 Å². The molecule has 1 heterocycles. The van der Waals surface area contributed by atoms with Gasteiger partial charge in [-0.3, -0.25) is 0 Å². The van der Waals surface area contributed by atoms with Gasteiger partial charge in [-0.2, -0.15) is 0 Å². The molecule has 1 atom stereocenters. The van der Waals surface area contributed by atoms with Crippen LogP contribution >= 0.6 is 23.2 Å². The number of rotatable bonds is 4. The molecule has 1 N–H and O–H groups in total. The molecule has 1 aromatic carbocycles. The number of hydrogen-bond donors (Lipinski definition) is 1. The number of aryl methyl sites for hydroxylation is 1. The van der Waals surface area contributed by atoms with Gasteiger partial charge in [-0.05, 0) is 19.1 Å². The average Bonchev–Trinajstić information content (AvgIpc) is 2.77. The molecule has 0 aliphatic carbocycles. The lowest BCUT2D eigenvalue weighted by molar-refractivity contribution is 0.543. The third kappa shape index (κ3) is 3.05. The Morgan fingerprint density at radius 1 is 1.42 bits per heavy atom. The van der Waals surface area contributed by atoms with Crippen molar-refractivity contribution in [2.45, 2.75) is 19.5 Å². The van der Waals surface area contributed by atoms with Gasteiger partial charge < -0.3 is 9.88 Å². The second kappa shape index (κ2) is 5.86. The largest absolute Gasteiger partial charge is 0.320 e.